The van der Waals surface area contributed by atoms with E-state index in [0.717, 1.165) is 18.4 Å². The molecule has 1 atom stereocenters. The molecule has 2 aromatic carbocycles. The molecule has 0 aromatic heterocycles. The predicted molar refractivity (Wildman–Crippen MR) is 87.3 cm³/mol. The van der Waals surface area contributed by atoms with Crippen molar-refractivity contribution in [2.45, 2.75) is 50.5 Å². The number of hydrogen-bond donors (Lipinski definition) is 1. The van der Waals surface area contributed by atoms with Crippen LogP contribution in [0.25, 0.3) is 0 Å². The Labute approximate surface area is 127 Å². The standard InChI is InChI=1S/C20H24O/c1-16-10-12-17(13-11-16)19(21)20(14-6-3-7-15-20)18-8-4-2-5-9-18/h2,4-5,8-13,19,21H,3,6-7,14-15H2,1H3. The average molecular weight is 280 g/mol. The number of aliphatic hydroxyl groups is 1. The first-order valence-corrected chi connectivity index (χ1v) is 8.02. The largest absolute Gasteiger partial charge is 0.387 e. The number of aryl methyl sites for hydroxylation is 1. The van der Waals surface area contributed by atoms with Crippen molar-refractivity contribution in [2.75, 3.05) is 0 Å². The number of aliphatic hydroxyl groups excluding tert-OH is 1. The molecular formula is C20H24O. The highest BCUT2D eigenvalue weighted by atomic mass is 16.3. The molecular weight excluding hydrogens is 256 g/mol. The summed E-state index contributed by atoms with van der Waals surface area (Å²) in [4.78, 5) is 0. The van der Waals surface area contributed by atoms with Crippen LogP contribution in [0.5, 0.6) is 0 Å². The molecule has 1 N–H and O–H groups in total. The Bertz CT molecular complexity index is 565. The van der Waals surface area contributed by atoms with Crippen LogP contribution in [0, 0.1) is 6.92 Å². The molecule has 0 saturated heterocycles. The maximum absolute atomic E-state index is 11.1. The summed E-state index contributed by atoms with van der Waals surface area (Å²) in [7, 11) is 0. The lowest BCUT2D eigenvalue weighted by Crippen LogP contribution is -2.36. The van der Waals surface area contributed by atoms with E-state index < -0.39 is 6.10 Å². The molecule has 0 bridgehead atoms. The third-order valence-corrected chi connectivity index (χ3v) is 5.01. The van der Waals surface area contributed by atoms with Gasteiger partial charge in [0, 0.05) is 5.41 Å². The quantitative estimate of drug-likeness (QED) is 0.845. The highest BCUT2D eigenvalue weighted by Gasteiger charge is 2.41. The second-order valence-corrected chi connectivity index (χ2v) is 6.40. The van der Waals surface area contributed by atoms with E-state index in [4.69, 9.17) is 0 Å². The normalized spacial score (nSPS) is 19.1. The van der Waals surface area contributed by atoms with Crippen molar-refractivity contribution >= 4 is 0 Å². The van der Waals surface area contributed by atoms with Crippen molar-refractivity contribution in [2.24, 2.45) is 0 Å². The van der Waals surface area contributed by atoms with E-state index in [1.165, 1.54) is 30.4 Å². The van der Waals surface area contributed by atoms with Crippen molar-refractivity contribution in [3.63, 3.8) is 0 Å². The molecule has 0 aliphatic heterocycles. The SMILES string of the molecule is Cc1ccc(C(O)C2(c3ccccc3)CCCCC2)cc1. The summed E-state index contributed by atoms with van der Waals surface area (Å²) in [5, 5.41) is 11.1. The molecule has 1 nitrogen and oxygen atoms in total. The number of rotatable bonds is 3. The predicted octanol–water partition coefficient (Wildman–Crippen LogP) is 4.93. The third kappa shape index (κ3) is 2.75. The molecule has 0 spiro atoms. The van der Waals surface area contributed by atoms with Gasteiger partial charge in [-0.2, -0.15) is 0 Å². The van der Waals surface area contributed by atoms with E-state index in [1.54, 1.807) is 0 Å². The van der Waals surface area contributed by atoms with Crippen molar-refractivity contribution in [3.8, 4) is 0 Å². The van der Waals surface area contributed by atoms with Crippen LogP contribution in [-0.2, 0) is 5.41 Å². The van der Waals surface area contributed by atoms with Crippen LogP contribution < -0.4 is 0 Å². The minimum Gasteiger partial charge on any atom is -0.387 e. The molecule has 1 unspecified atom stereocenters. The topological polar surface area (TPSA) is 20.2 Å². The molecule has 0 heterocycles. The van der Waals surface area contributed by atoms with Gasteiger partial charge in [0.05, 0.1) is 6.10 Å². The monoisotopic (exact) mass is 280 g/mol. The highest BCUT2D eigenvalue weighted by molar-refractivity contribution is 5.33. The van der Waals surface area contributed by atoms with Crippen LogP contribution in [0.2, 0.25) is 0 Å². The fraction of sp³-hybridized carbons (Fsp3) is 0.400. The van der Waals surface area contributed by atoms with Gasteiger partial charge in [0.25, 0.3) is 0 Å². The molecule has 1 heteroatoms. The van der Waals surface area contributed by atoms with E-state index in [1.807, 2.05) is 0 Å². The molecule has 21 heavy (non-hydrogen) atoms. The maximum Gasteiger partial charge on any atom is 0.0886 e. The summed E-state index contributed by atoms with van der Waals surface area (Å²) in [6.07, 6.45) is 5.43. The van der Waals surface area contributed by atoms with Crippen molar-refractivity contribution < 1.29 is 5.11 Å². The van der Waals surface area contributed by atoms with Crippen molar-refractivity contribution in [1.29, 1.82) is 0 Å². The minimum atomic E-state index is -0.416. The van der Waals surface area contributed by atoms with Crippen LogP contribution in [-0.4, -0.2) is 5.11 Å². The summed E-state index contributed by atoms with van der Waals surface area (Å²) in [5.74, 6) is 0. The molecule has 2 aromatic rings. The van der Waals surface area contributed by atoms with Gasteiger partial charge in [-0.3, -0.25) is 0 Å². The lowest BCUT2D eigenvalue weighted by Gasteiger charge is -2.42. The van der Waals surface area contributed by atoms with E-state index >= 15 is 0 Å². The average Bonchev–Trinajstić information content (AvgIpc) is 2.56. The minimum absolute atomic E-state index is 0.116. The zero-order valence-electron chi connectivity index (χ0n) is 12.8. The first-order chi connectivity index (χ1) is 10.2. The summed E-state index contributed by atoms with van der Waals surface area (Å²) in [6.45, 7) is 2.09. The Morgan fingerprint density at radius 1 is 0.857 bits per heavy atom. The van der Waals surface area contributed by atoms with Gasteiger partial charge in [0.15, 0.2) is 0 Å². The Balaban J connectivity index is 2.01. The van der Waals surface area contributed by atoms with Crippen LogP contribution in [0.15, 0.2) is 54.6 Å². The summed E-state index contributed by atoms with van der Waals surface area (Å²) in [5.41, 5.74) is 3.46. The van der Waals surface area contributed by atoms with Gasteiger partial charge in [-0.15, -0.1) is 0 Å². The second kappa shape index (κ2) is 6.03. The first kappa shape index (κ1) is 14.3. The van der Waals surface area contributed by atoms with Crippen molar-refractivity contribution in [3.05, 3.63) is 71.3 Å². The number of hydrogen-bond acceptors (Lipinski definition) is 1. The second-order valence-electron chi connectivity index (χ2n) is 6.40. The summed E-state index contributed by atoms with van der Waals surface area (Å²) in [6, 6.07) is 19.0. The van der Waals surface area contributed by atoms with E-state index in [9.17, 15) is 5.11 Å². The molecule has 3 rings (SSSR count). The van der Waals surface area contributed by atoms with Crippen molar-refractivity contribution in [1.82, 2.24) is 0 Å². The fourth-order valence-corrected chi connectivity index (χ4v) is 3.74. The van der Waals surface area contributed by atoms with Crippen LogP contribution in [0.1, 0.15) is 54.9 Å². The van der Waals surface area contributed by atoms with Crippen LogP contribution in [0.4, 0.5) is 0 Å². The van der Waals surface area contributed by atoms with Gasteiger partial charge in [-0.1, -0.05) is 79.4 Å². The maximum atomic E-state index is 11.1. The van der Waals surface area contributed by atoms with Gasteiger partial charge in [-0.25, -0.2) is 0 Å². The first-order valence-electron chi connectivity index (χ1n) is 8.02. The van der Waals surface area contributed by atoms with Gasteiger partial charge in [0.1, 0.15) is 0 Å². The van der Waals surface area contributed by atoms with Gasteiger partial charge in [-0.05, 0) is 30.9 Å². The van der Waals surface area contributed by atoms with E-state index in [0.29, 0.717) is 0 Å². The third-order valence-electron chi connectivity index (χ3n) is 5.01. The van der Waals surface area contributed by atoms with Crippen LogP contribution in [0.3, 0.4) is 0 Å². The Morgan fingerprint density at radius 3 is 2.10 bits per heavy atom. The summed E-state index contributed by atoms with van der Waals surface area (Å²) >= 11 is 0. The molecule has 1 aliphatic rings. The molecule has 0 amide bonds. The Kier molecular flexibility index (Phi) is 4.12. The van der Waals surface area contributed by atoms with Gasteiger partial charge < -0.3 is 5.11 Å². The molecule has 110 valence electrons. The van der Waals surface area contributed by atoms with Gasteiger partial charge >= 0.3 is 0 Å². The highest BCUT2D eigenvalue weighted by Crippen LogP contribution is 2.48. The lowest BCUT2D eigenvalue weighted by atomic mass is 9.64. The summed E-state index contributed by atoms with van der Waals surface area (Å²) < 4.78 is 0. The number of benzene rings is 2. The Hall–Kier alpha value is -1.60. The zero-order valence-corrected chi connectivity index (χ0v) is 12.8. The molecule has 0 radical (unpaired) electrons. The van der Waals surface area contributed by atoms with E-state index in [2.05, 4.69) is 61.5 Å². The van der Waals surface area contributed by atoms with Gasteiger partial charge in [0.2, 0.25) is 0 Å². The fourth-order valence-electron chi connectivity index (χ4n) is 3.74. The molecule has 1 fully saturated rings. The Morgan fingerprint density at radius 2 is 1.48 bits per heavy atom. The van der Waals surface area contributed by atoms with E-state index in [-0.39, 0.29) is 5.41 Å². The smallest absolute Gasteiger partial charge is 0.0886 e. The van der Waals surface area contributed by atoms with Crippen LogP contribution >= 0.6 is 0 Å². The lowest BCUT2D eigenvalue weighted by molar-refractivity contribution is 0.0528. The molecule has 1 saturated carbocycles. The molecule has 1 aliphatic carbocycles. The zero-order chi connectivity index (χ0) is 14.7.